The molecule has 0 aromatic rings. The van der Waals surface area contributed by atoms with Crippen LogP contribution in [-0.2, 0) is 9.59 Å². The number of carbonyl (C=O) groups excluding carboxylic acids is 2. The molecule has 3 N–H and O–H groups in total. The van der Waals surface area contributed by atoms with E-state index in [1.165, 1.54) is 0 Å². The second kappa shape index (κ2) is 5.21. The van der Waals surface area contributed by atoms with Crippen LogP contribution in [-0.4, -0.2) is 26.5 Å². The van der Waals surface area contributed by atoms with Crippen LogP contribution in [0.2, 0.25) is 0 Å². The average Bonchev–Trinajstić information content (AvgIpc) is 2.71. The number of hydrogen-bond donors (Lipinski definition) is 3. The maximum atomic E-state index is 12.5. The first-order chi connectivity index (χ1) is 9.88. The summed E-state index contributed by atoms with van der Waals surface area (Å²) in [5.41, 5.74) is -1.60. The molecule has 0 saturated heterocycles. The summed E-state index contributed by atoms with van der Waals surface area (Å²) in [5.74, 6) is 0.0216. The van der Waals surface area contributed by atoms with Crippen molar-refractivity contribution in [3.8, 4) is 0 Å². The highest BCUT2D eigenvalue weighted by molar-refractivity contribution is 8.23. The summed E-state index contributed by atoms with van der Waals surface area (Å²) in [6.45, 7) is 9.51. The van der Waals surface area contributed by atoms with Crippen molar-refractivity contribution in [1.29, 1.82) is 0 Å². The Kier molecular flexibility index (Phi) is 4.21. The summed E-state index contributed by atoms with van der Waals surface area (Å²) >= 11 is 0. The molecule has 22 heavy (non-hydrogen) atoms. The van der Waals surface area contributed by atoms with Crippen LogP contribution in [0.4, 0.5) is 0 Å². The van der Waals surface area contributed by atoms with E-state index in [1.54, 1.807) is 13.8 Å². The van der Waals surface area contributed by atoms with Gasteiger partial charge in [-0.05, 0) is 30.6 Å². The van der Waals surface area contributed by atoms with Gasteiger partial charge in [0.05, 0.1) is 11.2 Å². The molecule has 0 aromatic carbocycles. The zero-order chi connectivity index (χ0) is 17.0. The SMILES string of the molecule is CCC(C)(C)C(=O)NS(O)(O)CC12CCC(CC1=O)C2(C)C. The Morgan fingerprint density at radius 2 is 2.00 bits per heavy atom. The summed E-state index contributed by atoms with van der Waals surface area (Å²) in [7, 11) is -3.33. The van der Waals surface area contributed by atoms with Crippen molar-refractivity contribution in [2.45, 2.75) is 60.3 Å². The van der Waals surface area contributed by atoms with Gasteiger partial charge in [0.2, 0.25) is 5.91 Å². The fourth-order valence-electron chi connectivity index (χ4n) is 3.94. The molecular weight excluding hydrogens is 302 g/mol. The Morgan fingerprint density at radius 3 is 2.41 bits per heavy atom. The molecule has 0 heterocycles. The van der Waals surface area contributed by atoms with Crippen LogP contribution in [0.5, 0.6) is 0 Å². The van der Waals surface area contributed by atoms with Gasteiger partial charge in [-0.15, -0.1) is 10.8 Å². The van der Waals surface area contributed by atoms with Crippen LogP contribution in [0.25, 0.3) is 0 Å². The molecule has 2 bridgehead atoms. The lowest BCUT2D eigenvalue weighted by Crippen LogP contribution is -2.46. The summed E-state index contributed by atoms with van der Waals surface area (Å²) in [6.07, 6.45) is 2.76. The second-order valence-corrected chi connectivity index (χ2v) is 9.97. The van der Waals surface area contributed by atoms with Crippen LogP contribution in [0, 0.1) is 22.2 Å². The molecule has 2 unspecified atom stereocenters. The Morgan fingerprint density at radius 1 is 1.41 bits per heavy atom. The molecule has 2 aliphatic rings. The molecule has 6 heteroatoms. The summed E-state index contributed by atoms with van der Waals surface area (Å²) < 4.78 is 23.3. The number of amides is 1. The van der Waals surface area contributed by atoms with Gasteiger partial charge in [-0.3, -0.25) is 23.4 Å². The maximum Gasteiger partial charge on any atom is 0.243 e. The molecule has 0 aliphatic heterocycles. The molecule has 2 rings (SSSR count). The first-order valence-corrected chi connectivity index (χ1v) is 9.71. The molecule has 0 spiro atoms. The number of carbonyl (C=O) groups is 2. The highest BCUT2D eigenvalue weighted by Crippen LogP contribution is 2.67. The molecule has 2 saturated carbocycles. The zero-order valence-electron chi connectivity index (χ0n) is 14.2. The van der Waals surface area contributed by atoms with Gasteiger partial charge in [-0.25, -0.2) is 0 Å². The Bertz CT molecular complexity index is 500. The van der Waals surface area contributed by atoms with Gasteiger partial charge in [0.25, 0.3) is 0 Å². The van der Waals surface area contributed by atoms with Crippen LogP contribution in [0.1, 0.15) is 60.3 Å². The third-order valence-corrected chi connectivity index (χ3v) is 7.75. The molecule has 2 fully saturated rings. The smallest absolute Gasteiger partial charge is 0.243 e. The van der Waals surface area contributed by atoms with Gasteiger partial charge < -0.3 is 0 Å². The number of ketones is 1. The van der Waals surface area contributed by atoms with Crippen LogP contribution in [0.3, 0.4) is 0 Å². The fourth-order valence-corrected chi connectivity index (χ4v) is 5.94. The van der Waals surface area contributed by atoms with Crippen molar-refractivity contribution >= 4 is 22.5 Å². The van der Waals surface area contributed by atoms with E-state index in [0.29, 0.717) is 25.2 Å². The Labute approximate surface area is 134 Å². The predicted molar refractivity (Wildman–Crippen MR) is 88.5 cm³/mol. The lowest BCUT2D eigenvalue weighted by Gasteiger charge is -2.45. The molecule has 5 nitrogen and oxygen atoms in total. The molecule has 0 aromatic heterocycles. The molecule has 2 atom stereocenters. The number of nitrogens with one attached hydrogen (secondary N) is 1. The standard InChI is InChI=1S/C16H29NO4S/c1-6-14(2,3)13(19)17-22(20,21)10-16-8-7-11(9-12(16)18)15(16,4)5/h11,20-21H,6-10H2,1-5H3,(H,17,19). The van der Waals surface area contributed by atoms with Crippen molar-refractivity contribution in [2.75, 3.05) is 5.75 Å². The number of hydrogen-bond acceptors (Lipinski definition) is 4. The van der Waals surface area contributed by atoms with Crippen LogP contribution in [0.15, 0.2) is 0 Å². The summed E-state index contributed by atoms with van der Waals surface area (Å²) in [5, 5.41) is 0. The van der Waals surface area contributed by atoms with E-state index >= 15 is 0 Å². The minimum Gasteiger partial charge on any atom is -0.299 e. The predicted octanol–water partition coefficient (Wildman–Crippen LogP) is 3.60. The highest BCUT2D eigenvalue weighted by Gasteiger charge is 2.65. The van der Waals surface area contributed by atoms with E-state index < -0.39 is 21.6 Å². The van der Waals surface area contributed by atoms with Crippen LogP contribution >= 0.6 is 10.8 Å². The largest absolute Gasteiger partial charge is 0.299 e. The van der Waals surface area contributed by atoms with E-state index in [9.17, 15) is 18.7 Å². The van der Waals surface area contributed by atoms with Gasteiger partial charge >= 0.3 is 0 Å². The third-order valence-electron chi connectivity index (χ3n) is 6.34. The maximum absolute atomic E-state index is 12.5. The zero-order valence-corrected chi connectivity index (χ0v) is 15.0. The first kappa shape index (κ1) is 17.8. The van der Waals surface area contributed by atoms with E-state index in [2.05, 4.69) is 4.72 Å². The van der Waals surface area contributed by atoms with Crippen molar-refractivity contribution in [3.05, 3.63) is 0 Å². The van der Waals surface area contributed by atoms with Gasteiger partial charge in [-0.1, -0.05) is 34.6 Å². The normalized spacial score (nSPS) is 31.4. The van der Waals surface area contributed by atoms with Gasteiger partial charge in [0.15, 0.2) is 0 Å². The quantitative estimate of drug-likeness (QED) is 0.718. The van der Waals surface area contributed by atoms with Gasteiger partial charge in [-0.2, -0.15) is 0 Å². The minimum absolute atomic E-state index is 0.0478. The first-order valence-electron chi connectivity index (χ1n) is 7.99. The van der Waals surface area contributed by atoms with E-state index in [4.69, 9.17) is 0 Å². The van der Waals surface area contributed by atoms with Crippen molar-refractivity contribution < 1.29 is 18.7 Å². The molecular formula is C16H29NO4S. The minimum atomic E-state index is -3.33. The van der Waals surface area contributed by atoms with Crippen molar-refractivity contribution in [1.82, 2.24) is 4.72 Å². The number of fused-ring (bicyclic) bond motifs is 2. The lowest BCUT2D eigenvalue weighted by atomic mass is 9.70. The third kappa shape index (κ3) is 2.59. The molecule has 128 valence electrons. The lowest BCUT2D eigenvalue weighted by molar-refractivity contribution is -0.129. The van der Waals surface area contributed by atoms with Gasteiger partial charge in [0.1, 0.15) is 5.78 Å². The molecule has 0 radical (unpaired) electrons. The fraction of sp³-hybridized carbons (Fsp3) is 0.875. The van der Waals surface area contributed by atoms with Gasteiger partial charge in [0, 0.05) is 11.8 Å². The average molecular weight is 331 g/mol. The number of rotatable bonds is 5. The molecule has 2 aliphatic carbocycles. The molecule has 1 amide bonds. The topological polar surface area (TPSA) is 86.6 Å². The van der Waals surface area contributed by atoms with E-state index in [1.807, 2.05) is 20.8 Å². The Balaban J connectivity index is 2.18. The number of Topliss-reactive ketones (excluding diaryl/α,β-unsaturated/α-hetero) is 1. The monoisotopic (exact) mass is 331 g/mol. The van der Waals surface area contributed by atoms with Crippen LogP contribution < -0.4 is 4.72 Å². The van der Waals surface area contributed by atoms with E-state index in [-0.39, 0.29) is 22.9 Å². The van der Waals surface area contributed by atoms with Crippen molar-refractivity contribution in [2.24, 2.45) is 22.2 Å². The van der Waals surface area contributed by atoms with E-state index in [0.717, 1.165) is 6.42 Å². The Hall–Kier alpha value is -0.590. The highest BCUT2D eigenvalue weighted by atomic mass is 32.3. The van der Waals surface area contributed by atoms with Crippen molar-refractivity contribution in [3.63, 3.8) is 0 Å². The summed E-state index contributed by atoms with van der Waals surface area (Å²) in [4.78, 5) is 24.7. The second-order valence-electron chi connectivity index (χ2n) is 8.15. The summed E-state index contributed by atoms with van der Waals surface area (Å²) in [6, 6.07) is 0.